The first-order valence-electron chi connectivity index (χ1n) is 5.25. The number of carbonyl (C=O) groups excluding carboxylic acids is 2. The summed E-state index contributed by atoms with van der Waals surface area (Å²) in [5.74, 6) is -1.17. The van der Waals surface area contributed by atoms with E-state index in [1.807, 2.05) is 0 Å². The summed E-state index contributed by atoms with van der Waals surface area (Å²) in [6.45, 7) is 1.45. The minimum absolute atomic E-state index is 0.00472. The molecule has 1 aliphatic heterocycles. The Labute approximate surface area is 102 Å². The van der Waals surface area contributed by atoms with Gasteiger partial charge in [0.2, 0.25) is 5.91 Å². The van der Waals surface area contributed by atoms with Crippen molar-refractivity contribution >= 4 is 23.3 Å². The molecule has 1 N–H and O–H groups in total. The van der Waals surface area contributed by atoms with Crippen molar-refractivity contribution in [2.75, 3.05) is 11.9 Å². The number of anilines is 1. The van der Waals surface area contributed by atoms with Gasteiger partial charge in [0.1, 0.15) is 11.3 Å². The van der Waals surface area contributed by atoms with E-state index in [1.54, 1.807) is 6.07 Å². The van der Waals surface area contributed by atoms with Gasteiger partial charge in [-0.25, -0.2) is 4.79 Å². The van der Waals surface area contributed by atoms with Gasteiger partial charge in [-0.15, -0.1) is 0 Å². The second kappa shape index (κ2) is 4.44. The Balaban J connectivity index is 2.64. The molecule has 0 aromatic heterocycles. The van der Waals surface area contributed by atoms with Gasteiger partial charge in [-0.2, -0.15) is 0 Å². The molecule has 0 fully saturated rings. The smallest absolute Gasteiger partial charge is 0.345 e. The largest absolute Gasteiger partial charge is 0.462 e. The van der Waals surface area contributed by atoms with Gasteiger partial charge < -0.3 is 10.1 Å². The third kappa shape index (κ3) is 2.02. The van der Waals surface area contributed by atoms with Gasteiger partial charge in [0.05, 0.1) is 11.5 Å². The molecule has 0 radical (unpaired) electrons. The molecule has 1 heterocycles. The molecule has 0 atom stereocenters. The molecule has 1 aliphatic rings. The molecule has 7 nitrogen and oxygen atoms in total. The molecule has 18 heavy (non-hydrogen) atoms. The van der Waals surface area contributed by atoms with E-state index in [0.29, 0.717) is 12.0 Å². The van der Waals surface area contributed by atoms with Crippen molar-refractivity contribution in [3.05, 3.63) is 33.4 Å². The quantitative estimate of drug-likeness (QED) is 0.484. The van der Waals surface area contributed by atoms with E-state index in [1.165, 1.54) is 13.0 Å². The molecule has 1 aromatic carbocycles. The number of benzene rings is 1. The summed E-state index contributed by atoms with van der Waals surface area (Å²) in [6.07, 6.45) is 0.433. The van der Waals surface area contributed by atoms with Crippen molar-refractivity contribution in [1.82, 2.24) is 0 Å². The number of amides is 1. The Morgan fingerprint density at radius 2 is 2.22 bits per heavy atom. The zero-order valence-corrected chi connectivity index (χ0v) is 9.56. The normalized spacial score (nSPS) is 13.5. The molecule has 1 aromatic rings. The number of ether oxygens (including phenoxy) is 1. The number of carbonyl (C=O) groups is 2. The average Bonchev–Trinajstić information content (AvgIpc) is 2.28. The van der Waals surface area contributed by atoms with Gasteiger partial charge in [0, 0.05) is 13.3 Å². The molecule has 0 aliphatic carbocycles. The maximum atomic E-state index is 11.6. The molecule has 0 spiro atoms. The van der Waals surface area contributed by atoms with Crippen LogP contribution in [0.2, 0.25) is 0 Å². The van der Waals surface area contributed by atoms with E-state index in [4.69, 9.17) is 4.74 Å². The Kier molecular flexibility index (Phi) is 2.97. The molecule has 0 saturated heterocycles. The van der Waals surface area contributed by atoms with Crippen molar-refractivity contribution < 1.29 is 19.2 Å². The summed E-state index contributed by atoms with van der Waals surface area (Å²) in [5.41, 5.74) is 0.0852. The fourth-order valence-electron chi connectivity index (χ4n) is 1.88. The lowest BCUT2D eigenvalue weighted by Gasteiger charge is -2.16. The van der Waals surface area contributed by atoms with E-state index in [0.717, 1.165) is 0 Å². The molecule has 7 heteroatoms. The van der Waals surface area contributed by atoms with Gasteiger partial charge in [-0.3, -0.25) is 14.9 Å². The number of rotatable bonds is 2. The van der Waals surface area contributed by atoms with Crippen molar-refractivity contribution in [2.45, 2.75) is 13.3 Å². The second-order valence-corrected chi connectivity index (χ2v) is 3.82. The number of nitrogens with one attached hydrogen (secondary N) is 1. The van der Waals surface area contributed by atoms with Crippen LogP contribution in [0.4, 0.5) is 11.4 Å². The highest BCUT2D eigenvalue weighted by Crippen LogP contribution is 2.34. The van der Waals surface area contributed by atoms with Crippen LogP contribution in [-0.4, -0.2) is 23.4 Å². The lowest BCUT2D eigenvalue weighted by molar-refractivity contribution is -0.384. The zero-order chi connectivity index (χ0) is 13.3. The third-order valence-electron chi connectivity index (χ3n) is 2.57. The van der Waals surface area contributed by atoms with Gasteiger partial charge in [0.25, 0.3) is 0 Å². The minimum atomic E-state index is -0.727. The zero-order valence-electron chi connectivity index (χ0n) is 9.56. The summed E-state index contributed by atoms with van der Waals surface area (Å²) in [5, 5.41) is 13.4. The Hall–Kier alpha value is -2.44. The van der Waals surface area contributed by atoms with Crippen LogP contribution >= 0.6 is 0 Å². The molecular formula is C11H10N2O5. The first kappa shape index (κ1) is 12.0. The molecule has 1 amide bonds. The van der Waals surface area contributed by atoms with E-state index < -0.39 is 22.5 Å². The number of cyclic esters (lactones) is 1. The summed E-state index contributed by atoms with van der Waals surface area (Å²) in [6, 6.07) is 3.02. The fraction of sp³-hybridized carbons (Fsp3) is 0.273. The summed E-state index contributed by atoms with van der Waals surface area (Å²) < 4.78 is 4.80. The van der Waals surface area contributed by atoms with Crippen LogP contribution in [0.25, 0.3) is 0 Å². The van der Waals surface area contributed by atoms with Crippen LogP contribution in [0.1, 0.15) is 22.8 Å². The molecule has 0 bridgehead atoms. The number of nitro groups is 1. The maximum Gasteiger partial charge on any atom is 0.345 e. The molecule has 94 valence electrons. The second-order valence-electron chi connectivity index (χ2n) is 3.82. The first-order valence-corrected chi connectivity index (χ1v) is 5.25. The summed E-state index contributed by atoms with van der Waals surface area (Å²) >= 11 is 0. The standard InChI is InChI=1S/C11H10N2O5/c1-6(14)12-8-3-2-7-4-5-18-11(15)9(7)10(8)13(16)17/h2-3H,4-5H2,1H3,(H,12,14). The number of esters is 1. The number of hydrogen-bond acceptors (Lipinski definition) is 5. The Bertz CT molecular complexity index is 553. The summed E-state index contributed by atoms with van der Waals surface area (Å²) in [4.78, 5) is 33.0. The molecular weight excluding hydrogens is 240 g/mol. The van der Waals surface area contributed by atoms with Crippen molar-refractivity contribution in [2.24, 2.45) is 0 Å². The maximum absolute atomic E-state index is 11.6. The first-order chi connectivity index (χ1) is 8.50. The highest BCUT2D eigenvalue weighted by atomic mass is 16.6. The Morgan fingerprint density at radius 1 is 1.50 bits per heavy atom. The van der Waals surface area contributed by atoms with Crippen LogP contribution in [0.15, 0.2) is 12.1 Å². The van der Waals surface area contributed by atoms with Crippen LogP contribution in [-0.2, 0) is 16.0 Å². The fourth-order valence-corrected chi connectivity index (χ4v) is 1.88. The van der Waals surface area contributed by atoms with Gasteiger partial charge >= 0.3 is 11.7 Å². The predicted molar refractivity (Wildman–Crippen MR) is 61.4 cm³/mol. The molecule has 0 saturated carbocycles. The van der Waals surface area contributed by atoms with Crippen LogP contribution in [0.3, 0.4) is 0 Å². The van der Waals surface area contributed by atoms with E-state index in [-0.39, 0.29) is 17.9 Å². The van der Waals surface area contributed by atoms with E-state index in [9.17, 15) is 19.7 Å². The minimum Gasteiger partial charge on any atom is -0.462 e. The van der Waals surface area contributed by atoms with Crippen molar-refractivity contribution in [3.8, 4) is 0 Å². The highest BCUT2D eigenvalue weighted by molar-refractivity contribution is 6.01. The third-order valence-corrected chi connectivity index (χ3v) is 2.57. The monoisotopic (exact) mass is 250 g/mol. The lowest BCUT2D eigenvalue weighted by Crippen LogP contribution is -2.20. The van der Waals surface area contributed by atoms with Crippen LogP contribution in [0, 0.1) is 10.1 Å². The van der Waals surface area contributed by atoms with Crippen LogP contribution in [0.5, 0.6) is 0 Å². The topological polar surface area (TPSA) is 98.5 Å². The van der Waals surface area contributed by atoms with Crippen LogP contribution < -0.4 is 5.32 Å². The Morgan fingerprint density at radius 3 is 2.83 bits per heavy atom. The predicted octanol–water partition coefficient (Wildman–Crippen LogP) is 1.27. The average molecular weight is 250 g/mol. The van der Waals surface area contributed by atoms with Gasteiger partial charge in [-0.05, 0) is 11.6 Å². The van der Waals surface area contributed by atoms with Gasteiger partial charge in [0.15, 0.2) is 0 Å². The van der Waals surface area contributed by atoms with Crippen molar-refractivity contribution in [1.29, 1.82) is 0 Å². The number of nitrogens with zero attached hydrogens (tertiary/aromatic N) is 1. The van der Waals surface area contributed by atoms with E-state index >= 15 is 0 Å². The lowest BCUT2D eigenvalue weighted by atomic mass is 9.99. The number of fused-ring (bicyclic) bond motifs is 1. The highest BCUT2D eigenvalue weighted by Gasteiger charge is 2.31. The molecule has 0 unspecified atom stereocenters. The van der Waals surface area contributed by atoms with E-state index in [2.05, 4.69) is 5.32 Å². The summed E-state index contributed by atoms with van der Waals surface area (Å²) in [7, 11) is 0. The number of hydrogen-bond donors (Lipinski definition) is 1. The number of nitro benzene ring substituents is 1. The SMILES string of the molecule is CC(=O)Nc1ccc2c(c1[N+](=O)[O-])C(=O)OCC2. The van der Waals surface area contributed by atoms with Crippen molar-refractivity contribution in [3.63, 3.8) is 0 Å². The molecule has 2 rings (SSSR count). The van der Waals surface area contributed by atoms with Gasteiger partial charge in [-0.1, -0.05) is 6.07 Å².